The molecule has 472 valence electrons. The molecule has 6 heteroatoms. The minimum absolute atomic E-state index is 0.0898. The zero-order chi connectivity index (χ0) is 59.9. The van der Waals surface area contributed by atoms with Gasteiger partial charge in [-0.2, -0.15) is 0 Å². The van der Waals surface area contributed by atoms with Crippen molar-refractivity contribution >= 4 is 17.9 Å². The van der Waals surface area contributed by atoms with E-state index in [2.05, 4.69) is 154 Å². The standard InChI is InChI=1S/C77H128O6/c1-4-7-10-13-16-19-22-25-28-31-32-33-34-35-36-37-38-39-40-41-42-43-44-47-49-52-55-58-61-64-67-70-76(79)82-73-74(83-77(80)71-68-65-62-59-56-53-50-46-30-27-24-21-18-15-12-9-6-3)72-81-75(78)69-66-63-60-57-54-51-48-45-29-26-23-20-17-14-11-8-5-2/h7,9-10,12,16,18-19,21,25,27-28,30,32-33,35-36,38-39,41-42,50,53,74H,4-6,8,11,13-15,17,20,22-24,26,29,31,34,37,40,43-49,51-52,54-73H2,1-3H3/b10-7-,12-9-,19-16-,21-18-,28-25-,30-27-,33-32-,36-35-,39-38-,42-41-,53-50-. The highest BCUT2D eigenvalue weighted by molar-refractivity contribution is 5.71. The summed E-state index contributed by atoms with van der Waals surface area (Å²) in [7, 11) is 0. The molecule has 0 aliphatic carbocycles. The Kier molecular flexibility index (Phi) is 66.3. The van der Waals surface area contributed by atoms with Gasteiger partial charge in [-0.3, -0.25) is 14.4 Å². The van der Waals surface area contributed by atoms with E-state index in [4.69, 9.17) is 14.2 Å². The molecule has 1 unspecified atom stereocenters. The molecule has 0 rings (SSSR count). The van der Waals surface area contributed by atoms with Crippen molar-refractivity contribution in [1.29, 1.82) is 0 Å². The summed E-state index contributed by atoms with van der Waals surface area (Å²) >= 11 is 0. The number of hydrogen-bond donors (Lipinski definition) is 0. The molecule has 0 aromatic carbocycles. The fraction of sp³-hybridized carbons (Fsp3) is 0.675. The molecule has 0 aliphatic heterocycles. The van der Waals surface area contributed by atoms with Crippen LogP contribution < -0.4 is 0 Å². The third-order valence-electron chi connectivity index (χ3n) is 14.7. The molecular formula is C77H128O6. The fourth-order valence-corrected chi connectivity index (χ4v) is 9.53. The average Bonchev–Trinajstić information content (AvgIpc) is 3.49. The summed E-state index contributed by atoms with van der Waals surface area (Å²) in [5.74, 6) is -0.911. The Morgan fingerprint density at radius 2 is 0.470 bits per heavy atom. The van der Waals surface area contributed by atoms with Gasteiger partial charge in [-0.25, -0.2) is 0 Å². The molecule has 0 heterocycles. The van der Waals surface area contributed by atoms with Crippen molar-refractivity contribution in [2.24, 2.45) is 0 Å². The van der Waals surface area contributed by atoms with E-state index in [0.29, 0.717) is 19.3 Å². The van der Waals surface area contributed by atoms with E-state index in [1.54, 1.807) is 0 Å². The Morgan fingerprint density at radius 3 is 0.735 bits per heavy atom. The summed E-state index contributed by atoms with van der Waals surface area (Å²) in [6.45, 7) is 6.42. The van der Waals surface area contributed by atoms with E-state index in [-0.39, 0.29) is 31.1 Å². The highest BCUT2D eigenvalue weighted by atomic mass is 16.6. The first kappa shape index (κ1) is 78.5. The minimum atomic E-state index is -0.798. The molecule has 0 aliphatic rings. The normalized spacial score (nSPS) is 13.0. The Balaban J connectivity index is 4.35. The molecule has 0 radical (unpaired) electrons. The van der Waals surface area contributed by atoms with E-state index in [1.807, 2.05) is 0 Å². The van der Waals surface area contributed by atoms with E-state index in [9.17, 15) is 14.4 Å². The SMILES string of the molecule is CC/C=C\C/C=C\C/C=C\C/C=C\C/C=C\C/C=C\C/C=C\CCCCCCCCCCCC(=O)OCC(COC(=O)CCCCCCCCCCCCCCCCCCC)OC(=O)CCCCCC/C=C\C/C=C\C/C=C\C/C=C\CC. The van der Waals surface area contributed by atoms with Crippen LogP contribution in [0, 0.1) is 0 Å². The van der Waals surface area contributed by atoms with Gasteiger partial charge in [-0.1, -0.05) is 315 Å². The summed E-state index contributed by atoms with van der Waals surface area (Å²) in [5.41, 5.74) is 0. The Morgan fingerprint density at radius 1 is 0.253 bits per heavy atom. The highest BCUT2D eigenvalue weighted by Gasteiger charge is 2.19. The highest BCUT2D eigenvalue weighted by Crippen LogP contribution is 2.17. The molecule has 0 fully saturated rings. The van der Waals surface area contributed by atoms with Crippen LogP contribution in [0.15, 0.2) is 134 Å². The van der Waals surface area contributed by atoms with Crippen LogP contribution in [0.3, 0.4) is 0 Å². The fourth-order valence-electron chi connectivity index (χ4n) is 9.53. The lowest BCUT2D eigenvalue weighted by Crippen LogP contribution is -2.30. The number of esters is 3. The summed E-state index contributed by atoms with van der Waals surface area (Å²) in [6, 6.07) is 0. The molecule has 0 N–H and O–H groups in total. The first-order valence-electron chi connectivity index (χ1n) is 34.7. The number of hydrogen-bond acceptors (Lipinski definition) is 6. The molecule has 1 atom stereocenters. The van der Waals surface area contributed by atoms with Gasteiger partial charge in [0, 0.05) is 19.3 Å². The van der Waals surface area contributed by atoms with Gasteiger partial charge in [-0.05, 0) is 116 Å². The van der Waals surface area contributed by atoms with Gasteiger partial charge in [-0.15, -0.1) is 0 Å². The monoisotopic (exact) mass is 1150 g/mol. The number of allylic oxidation sites excluding steroid dienone is 22. The van der Waals surface area contributed by atoms with Crippen LogP contribution in [0.2, 0.25) is 0 Å². The van der Waals surface area contributed by atoms with Crippen molar-refractivity contribution in [3.8, 4) is 0 Å². The lowest BCUT2D eigenvalue weighted by Gasteiger charge is -2.18. The predicted octanol–water partition coefficient (Wildman–Crippen LogP) is 24.1. The molecule has 0 saturated heterocycles. The van der Waals surface area contributed by atoms with E-state index >= 15 is 0 Å². The first-order chi connectivity index (χ1) is 41.0. The van der Waals surface area contributed by atoms with Crippen LogP contribution >= 0.6 is 0 Å². The average molecular weight is 1150 g/mol. The molecule has 6 nitrogen and oxygen atoms in total. The topological polar surface area (TPSA) is 78.9 Å². The number of carbonyl (C=O) groups excluding carboxylic acids is 3. The van der Waals surface area contributed by atoms with Gasteiger partial charge in [0.2, 0.25) is 0 Å². The van der Waals surface area contributed by atoms with Crippen LogP contribution in [0.1, 0.15) is 316 Å². The maximum absolute atomic E-state index is 12.9. The van der Waals surface area contributed by atoms with Gasteiger partial charge in [0.25, 0.3) is 0 Å². The molecule has 0 amide bonds. The maximum atomic E-state index is 12.9. The van der Waals surface area contributed by atoms with Crippen molar-refractivity contribution in [1.82, 2.24) is 0 Å². The van der Waals surface area contributed by atoms with Gasteiger partial charge < -0.3 is 14.2 Å². The summed E-state index contributed by atoms with van der Waals surface area (Å²) in [6.07, 6.45) is 98.9. The van der Waals surface area contributed by atoms with Crippen LogP contribution in [-0.4, -0.2) is 37.2 Å². The van der Waals surface area contributed by atoms with Crippen LogP contribution in [0.25, 0.3) is 0 Å². The molecule has 0 saturated carbocycles. The van der Waals surface area contributed by atoms with E-state index in [0.717, 1.165) is 148 Å². The zero-order valence-electron chi connectivity index (χ0n) is 54.2. The number of carbonyl (C=O) groups is 3. The van der Waals surface area contributed by atoms with Gasteiger partial charge in [0.05, 0.1) is 0 Å². The quantitative estimate of drug-likeness (QED) is 0.0261. The number of rotatable bonds is 62. The van der Waals surface area contributed by atoms with Crippen molar-refractivity contribution in [3.63, 3.8) is 0 Å². The summed E-state index contributed by atoms with van der Waals surface area (Å²) in [4.78, 5) is 38.4. The molecule has 0 bridgehead atoms. The predicted molar refractivity (Wildman–Crippen MR) is 362 cm³/mol. The van der Waals surface area contributed by atoms with Crippen molar-refractivity contribution < 1.29 is 28.6 Å². The minimum Gasteiger partial charge on any atom is -0.462 e. The zero-order valence-corrected chi connectivity index (χ0v) is 54.2. The lowest BCUT2D eigenvalue weighted by atomic mass is 10.0. The number of unbranched alkanes of at least 4 members (excludes halogenated alkanes) is 29. The molecule has 0 aromatic rings. The Labute approximate surface area is 513 Å². The third kappa shape index (κ3) is 68.2. The van der Waals surface area contributed by atoms with Gasteiger partial charge in [0.15, 0.2) is 6.10 Å². The van der Waals surface area contributed by atoms with E-state index < -0.39 is 6.10 Å². The van der Waals surface area contributed by atoms with E-state index in [1.165, 1.54) is 128 Å². The van der Waals surface area contributed by atoms with Crippen molar-refractivity contribution in [2.45, 2.75) is 322 Å². The summed E-state index contributed by atoms with van der Waals surface area (Å²) < 4.78 is 17.0. The van der Waals surface area contributed by atoms with Crippen LogP contribution in [0.4, 0.5) is 0 Å². The van der Waals surface area contributed by atoms with Crippen molar-refractivity contribution in [2.75, 3.05) is 13.2 Å². The second-order valence-corrected chi connectivity index (χ2v) is 22.7. The van der Waals surface area contributed by atoms with Crippen LogP contribution in [0.5, 0.6) is 0 Å². The smallest absolute Gasteiger partial charge is 0.306 e. The summed E-state index contributed by atoms with van der Waals surface area (Å²) in [5, 5.41) is 0. The second-order valence-electron chi connectivity index (χ2n) is 22.7. The largest absolute Gasteiger partial charge is 0.462 e. The number of ether oxygens (including phenoxy) is 3. The van der Waals surface area contributed by atoms with Crippen molar-refractivity contribution in [3.05, 3.63) is 134 Å². The lowest BCUT2D eigenvalue weighted by molar-refractivity contribution is -0.167. The Bertz CT molecular complexity index is 1750. The molecule has 0 aromatic heterocycles. The van der Waals surface area contributed by atoms with Crippen LogP contribution in [-0.2, 0) is 28.6 Å². The second kappa shape index (κ2) is 70.0. The Hall–Kier alpha value is -4.45. The molecule has 83 heavy (non-hydrogen) atoms. The molecule has 0 spiro atoms. The van der Waals surface area contributed by atoms with Gasteiger partial charge in [0.1, 0.15) is 13.2 Å². The maximum Gasteiger partial charge on any atom is 0.306 e. The molecular weight excluding hydrogens is 1020 g/mol. The first-order valence-corrected chi connectivity index (χ1v) is 34.7. The van der Waals surface area contributed by atoms with Gasteiger partial charge >= 0.3 is 17.9 Å². The third-order valence-corrected chi connectivity index (χ3v) is 14.7.